The van der Waals surface area contributed by atoms with Gasteiger partial charge in [0, 0.05) is 9.79 Å². The Morgan fingerprint density at radius 3 is 2.14 bits per heavy atom. The predicted octanol–water partition coefficient (Wildman–Crippen LogP) is 4.70. The normalized spacial score (nSPS) is 12.4. The van der Waals surface area contributed by atoms with Crippen LogP contribution in [0.1, 0.15) is 13.8 Å². The second kappa shape index (κ2) is 6.22. The summed E-state index contributed by atoms with van der Waals surface area (Å²) in [5.74, 6) is 0. The molecule has 1 aliphatic rings. The molecule has 3 rings (SSSR count). The summed E-state index contributed by atoms with van der Waals surface area (Å²) in [6.07, 6.45) is 0. The van der Waals surface area contributed by atoms with Crippen molar-refractivity contribution in [1.29, 1.82) is 0 Å². The van der Waals surface area contributed by atoms with Crippen LogP contribution in [0.5, 0.6) is 0 Å². The molecule has 0 amide bonds. The number of oxime groups is 1. The molecule has 0 bridgehead atoms. The van der Waals surface area contributed by atoms with Crippen LogP contribution >= 0.6 is 11.8 Å². The van der Waals surface area contributed by atoms with Crippen LogP contribution in [-0.4, -0.2) is 18.9 Å². The molecule has 0 saturated carbocycles. The van der Waals surface area contributed by atoms with Crippen molar-refractivity contribution in [3.63, 3.8) is 0 Å². The molecule has 0 fully saturated rings. The number of rotatable bonds is 4. The lowest BCUT2D eigenvalue weighted by Crippen LogP contribution is -2.24. The Labute approximate surface area is 129 Å². The third-order valence-corrected chi connectivity index (χ3v) is 4.32. The highest BCUT2D eigenvalue weighted by Crippen LogP contribution is 2.47. The van der Waals surface area contributed by atoms with Gasteiger partial charge in [-0.15, -0.1) is 0 Å². The zero-order valence-corrected chi connectivity index (χ0v) is 13.1. The van der Waals surface area contributed by atoms with Gasteiger partial charge in [-0.3, -0.25) is 0 Å². The zero-order chi connectivity index (χ0) is 14.7. The van der Waals surface area contributed by atoms with E-state index in [9.17, 15) is 0 Å². The van der Waals surface area contributed by atoms with Gasteiger partial charge in [-0.1, -0.05) is 41.2 Å². The molecule has 4 heteroatoms. The Kier molecular flexibility index (Phi) is 4.15. The number of hydrogen-bond donors (Lipinski definition) is 0. The quantitative estimate of drug-likeness (QED) is 0.464. The smallest absolute Gasteiger partial charge is 0.135 e. The molecule has 0 atom stereocenters. The van der Waals surface area contributed by atoms with E-state index in [0.717, 1.165) is 12.3 Å². The van der Waals surface area contributed by atoms with Crippen LogP contribution in [0.3, 0.4) is 0 Å². The second-order valence-electron chi connectivity index (χ2n) is 5.06. The lowest BCUT2D eigenvalue weighted by molar-refractivity contribution is 0.151. The number of para-hydroxylation sites is 2. The molecule has 2 aromatic carbocycles. The van der Waals surface area contributed by atoms with Gasteiger partial charge in [-0.05, 0) is 38.1 Å². The van der Waals surface area contributed by atoms with Crippen molar-refractivity contribution in [1.82, 2.24) is 0 Å². The van der Waals surface area contributed by atoms with Crippen LogP contribution in [0.25, 0.3) is 0 Å². The van der Waals surface area contributed by atoms with Crippen molar-refractivity contribution in [2.45, 2.75) is 23.6 Å². The Hall–Kier alpha value is -1.94. The molecule has 3 nitrogen and oxygen atoms in total. The van der Waals surface area contributed by atoms with Gasteiger partial charge in [0.15, 0.2) is 0 Å². The third kappa shape index (κ3) is 3.05. The largest absolute Gasteiger partial charge is 0.394 e. The molecule has 21 heavy (non-hydrogen) atoms. The molecule has 1 aliphatic heterocycles. The predicted molar refractivity (Wildman–Crippen MR) is 88.7 cm³/mol. The minimum absolute atomic E-state index is 0.568. The molecular formula is C17H18N2OS. The highest BCUT2D eigenvalue weighted by atomic mass is 32.2. The number of fused-ring (bicyclic) bond motifs is 2. The van der Waals surface area contributed by atoms with Gasteiger partial charge in [-0.25, -0.2) is 0 Å². The van der Waals surface area contributed by atoms with Crippen molar-refractivity contribution in [2.75, 3.05) is 18.1 Å². The number of nitrogens with zero attached hydrogens (tertiary/aromatic N) is 2. The first-order valence-electron chi connectivity index (χ1n) is 7.02. The molecule has 0 radical (unpaired) electrons. The van der Waals surface area contributed by atoms with Crippen LogP contribution in [0.15, 0.2) is 63.5 Å². The molecule has 0 spiro atoms. The molecule has 0 saturated heterocycles. The van der Waals surface area contributed by atoms with Crippen LogP contribution in [-0.2, 0) is 4.84 Å². The maximum atomic E-state index is 5.37. The number of benzene rings is 2. The van der Waals surface area contributed by atoms with Gasteiger partial charge in [-0.2, -0.15) is 0 Å². The van der Waals surface area contributed by atoms with Crippen LogP contribution in [0.2, 0.25) is 0 Å². The molecule has 0 unspecified atom stereocenters. The van der Waals surface area contributed by atoms with Crippen LogP contribution in [0.4, 0.5) is 11.4 Å². The molecule has 0 N–H and O–H groups in total. The van der Waals surface area contributed by atoms with Gasteiger partial charge in [0.2, 0.25) is 0 Å². The van der Waals surface area contributed by atoms with Crippen molar-refractivity contribution < 1.29 is 4.84 Å². The van der Waals surface area contributed by atoms with E-state index in [1.165, 1.54) is 21.2 Å². The summed E-state index contributed by atoms with van der Waals surface area (Å²) in [5, 5.41) is 4.01. The Morgan fingerprint density at radius 1 is 1.00 bits per heavy atom. The molecule has 0 aliphatic carbocycles. The first-order valence-corrected chi connectivity index (χ1v) is 7.84. The minimum Gasteiger partial charge on any atom is -0.394 e. The molecule has 108 valence electrons. The summed E-state index contributed by atoms with van der Waals surface area (Å²) < 4.78 is 0. The Bertz CT molecular complexity index is 620. The van der Waals surface area contributed by atoms with Gasteiger partial charge in [0.25, 0.3) is 0 Å². The number of anilines is 2. The SMILES string of the molecule is CC(C)=NOCCN1c2ccccc2Sc2ccccc21. The summed E-state index contributed by atoms with van der Waals surface area (Å²) in [4.78, 5) is 10.2. The second-order valence-corrected chi connectivity index (χ2v) is 6.14. The lowest BCUT2D eigenvalue weighted by Gasteiger charge is -2.32. The number of hydrogen-bond acceptors (Lipinski definition) is 4. The average Bonchev–Trinajstić information content (AvgIpc) is 2.50. The van der Waals surface area contributed by atoms with Gasteiger partial charge >= 0.3 is 0 Å². The van der Waals surface area contributed by atoms with E-state index in [4.69, 9.17) is 4.84 Å². The first-order chi connectivity index (χ1) is 10.3. The average molecular weight is 298 g/mol. The van der Waals surface area contributed by atoms with Gasteiger partial charge in [0.1, 0.15) is 6.61 Å². The Balaban J connectivity index is 1.86. The lowest BCUT2D eigenvalue weighted by atomic mass is 10.2. The summed E-state index contributed by atoms with van der Waals surface area (Å²) in [5.41, 5.74) is 3.41. The Morgan fingerprint density at radius 2 is 1.57 bits per heavy atom. The van der Waals surface area contributed by atoms with E-state index < -0.39 is 0 Å². The summed E-state index contributed by atoms with van der Waals surface area (Å²) >= 11 is 1.82. The molecular weight excluding hydrogens is 280 g/mol. The monoisotopic (exact) mass is 298 g/mol. The van der Waals surface area contributed by atoms with E-state index in [1.807, 2.05) is 25.6 Å². The van der Waals surface area contributed by atoms with Crippen molar-refractivity contribution in [3.8, 4) is 0 Å². The topological polar surface area (TPSA) is 24.8 Å². The first kappa shape index (κ1) is 14.0. The summed E-state index contributed by atoms with van der Waals surface area (Å²) in [6, 6.07) is 17.0. The van der Waals surface area contributed by atoms with E-state index in [2.05, 4.69) is 58.6 Å². The van der Waals surface area contributed by atoms with E-state index in [-0.39, 0.29) is 0 Å². The molecule has 1 heterocycles. The maximum Gasteiger partial charge on any atom is 0.135 e. The van der Waals surface area contributed by atoms with Gasteiger partial charge in [0.05, 0.1) is 23.6 Å². The summed E-state index contributed by atoms with van der Waals surface area (Å²) in [6.45, 7) is 5.22. The van der Waals surface area contributed by atoms with E-state index >= 15 is 0 Å². The van der Waals surface area contributed by atoms with Crippen molar-refractivity contribution >= 4 is 28.8 Å². The van der Waals surface area contributed by atoms with E-state index in [0.29, 0.717) is 6.61 Å². The fourth-order valence-electron chi connectivity index (χ4n) is 2.33. The van der Waals surface area contributed by atoms with Crippen molar-refractivity contribution in [2.24, 2.45) is 5.16 Å². The fraction of sp³-hybridized carbons (Fsp3) is 0.235. The summed E-state index contributed by atoms with van der Waals surface area (Å²) in [7, 11) is 0. The van der Waals surface area contributed by atoms with Crippen LogP contribution < -0.4 is 4.90 Å². The van der Waals surface area contributed by atoms with Crippen LogP contribution in [0, 0.1) is 0 Å². The highest BCUT2D eigenvalue weighted by Gasteiger charge is 2.22. The third-order valence-electron chi connectivity index (χ3n) is 3.19. The van der Waals surface area contributed by atoms with E-state index in [1.54, 1.807) is 0 Å². The minimum atomic E-state index is 0.568. The maximum absolute atomic E-state index is 5.37. The fourth-order valence-corrected chi connectivity index (χ4v) is 3.42. The standard InChI is InChI=1S/C17H18N2OS/c1-13(2)18-20-12-11-19-14-7-3-5-9-16(14)21-17-10-6-4-8-15(17)19/h3-10H,11-12H2,1-2H3. The van der Waals surface area contributed by atoms with Crippen molar-refractivity contribution in [3.05, 3.63) is 48.5 Å². The highest BCUT2D eigenvalue weighted by molar-refractivity contribution is 7.99. The zero-order valence-electron chi connectivity index (χ0n) is 12.2. The molecule has 2 aromatic rings. The van der Waals surface area contributed by atoms with Gasteiger partial charge < -0.3 is 9.74 Å². The molecule has 0 aromatic heterocycles.